The van der Waals surface area contributed by atoms with E-state index in [1.54, 1.807) is 0 Å². The molecule has 1 atom stereocenters. The number of thioether (sulfide) groups is 1. The summed E-state index contributed by atoms with van der Waals surface area (Å²) >= 11 is 1.47. The third-order valence-corrected chi connectivity index (χ3v) is 6.69. The van der Waals surface area contributed by atoms with Gasteiger partial charge in [0.1, 0.15) is 0 Å². The molecule has 0 spiro atoms. The van der Waals surface area contributed by atoms with Crippen LogP contribution in [0, 0.1) is 0 Å². The van der Waals surface area contributed by atoms with Crippen LogP contribution in [0.2, 0.25) is 0 Å². The Morgan fingerprint density at radius 1 is 1.14 bits per heavy atom. The molecule has 0 aromatic heterocycles. The predicted octanol–water partition coefficient (Wildman–Crippen LogP) is 3.47. The van der Waals surface area contributed by atoms with Crippen LogP contribution in [0.15, 0.2) is 29.2 Å². The zero-order valence-corrected chi connectivity index (χ0v) is 18.2. The molecule has 2 amide bonds. The number of nitrogens with one attached hydrogen (secondary N) is 2. The summed E-state index contributed by atoms with van der Waals surface area (Å²) in [7, 11) is 1.92. The first-order valence-corrected chi connectivity index (χ1v) is 11.1. The highest BCUT2D eigenvalue weighted by Crippen LogP contribution is 2.26. The Morgan fingerprint density at radius 2 is 1.89 bits per heavy atom. The van der Waals surface area contributed by atoms with Crippen LogP contribution in [-0.2, 0) is 4.79 Å². The molecule has 2 N–H and O–H groups in total. The Kier molecular flexibility index (Phi) is 9.62. The van der Waals surface area contributed by atoms with Gasteiger partial charge in [-0.25, -0.2) is 0 Å². The van der Waals surface area contributed by atoms with Crippen LogP contribution in [0.5, 0.6) is 0 Å². The summed E-state index contributed by atoms with van der Waals surface area (Å²) in [5.41, 5.74) is 0.668. The number of hydrogen-bond donors (Lipinski definition) is 2. The second-order valence-corrected chi connectivity index (χ2v) is 8.62. The summed E-state index contributed by atoms with van der Waals surface area (Å²) in [4.78, 5) is 28.1. The van der Waals surface area contributed by atoms with Gasteiger partial charge in [-0.1, -0.05) is 31.4 Å². The van der Waals surface area contributed by atoms with E-state index in [1.807, 2.05) is 36.2 Å². The molecule has 1 heterocycles. The van der Waals surface area contributed by atoms with Gasteiger partial charge in [0.2, 0.25) is 5.91 Å². The monoisotopic (exact) mass is 425 g/mol. The largest absolute Gasteiger partial charge is 0.348 e. The third-order valence-electron chi connectivity index (χ3n) is 5.63. The van der Waals surface area contributed by atoms with Crippen molar-refractivity contribution in [1.82, 2.24) is 15.5 Å². The Labute approximate surface area is 178 Å². The normalized spacial score (nSPS) is 20.1. The SMILES string of the molecule is CN(C(=O)CSc1ccccc1C(=O)NC1CCCNC1)C1CCCCC1.Cl. The topological polar surface area (TPSA) is 61.4 Å². The first-order chi connectivity index (χ1) is 13.1. The van der Waals surface area contributed by atoms with E-state index in [-0.39, 0.29) is 30.3 Å². The van der Waals surface area contributed by atoms with E-state index in [0.717, 1.165) is 43.7 Å². The maximum atomic E-state index is 12.7. The highest BCUT2D eigenvalue weighted by Gasteiger charge is 2.23. The molecular formula is C21H32ClN3O2S. The number of benzene rings is 1. The number of hydrogen-bond acceptors (Lipinski definition) is 4. The summed E-state index contributed by atoms with van der Waals surface area (Å²) in [5.74, 6) is 0.487. The standard InChI is InChI=1S/C21H31N3O2S.ClH/c1-24(17-9-3-2-4-10-17)20(25)15-27-19-12-6-5-11-18(19)21(26)23-16-8-7-13-22-14-16;/h5-6,11-12,16-17,22H,2-4,7-10,13-15H2,1H3,(H,23,26);1H. The molecule has 3 rings (SSSR count). The molecule has 5 nitrogen and oxygen atoms in total. The van der Waals surface area contributed by atoms with Crippen LogP contribution in [-0.4, -0.2) is 54.7 Å². The lowest BCUT2D eigenvalue weighted by molar-refractivity contribution is -0.129. The van der Waals surface area contributed by atoms with Crippen molar-refractivity contribution in [2.45, 2.75) is 61.9 Å². The van der Waals surface area contributed by atoms with Crippen molar-refractivity contribution in [1.29, 1.82) is 0 Å². The number of rotatable bonds is 6. The van der Waals surface area contributed by atoms with Gasteiger partial charge in [-0.15, -0.1) is 24.2 Å². The zero-order chi connectivity index (χ0) is 19.1. The molecule has 7 heteroatoms. The van der Waals surface area contributed by atoms with Gasteiger partial charge < -0.3 is 15.5 Å². The molecular weight excluding hydrogens is 394 g/mol. The van der Waals surface area contributed by atoms with Crippen LogP contribution in [0.1, 0.15) is 55.3 Å². The average Bonchev–Trinajstić information content (AvgIpc) is 2.73. The summed E-state index contributed by atoms with van der Waals surface area (Å²) < 4.78 is 0. The lowest BCUT2D eigenvalue weighted by atomic mass is 9.94. The van der Waals surface area contributed by atoms with E-state index >= 15 is 0 Å². The summed E-state index contributed by atoms with van der Waals surface area (Å²) in [5, 5.41) is 6.45. The highest BCUT2D eigenvalue weighted by atomic mass is 35.5. The first kappa shape index (κ1) is 23.0. The molecule has 1 saturated carbocycles. The van der Waals surface area contributed by atoms with Crippen LogP contribution in [0.25, 0.3) is 0 Å². The van der Waals surface area contributed by atoms with E-state index < -0.39 is 0 Å². The van der Waals surface area contributed by atoms with Gasteiger partial charge >= 0.3 is 0 Å². The lowest BCUT2D eigenvalue weighted by Crippen LogP contribution is -2.45. The van der Waals surface area contributed by atoms with E-state index in [4.69, 9.17) is 0 Å². The molecule has 0 radical (unpaired) electrons. The fourth-order valence-corrected chi connectivity index (χ4v) is 4.91. The van der Waals surface area contributed by atoms with Gasteiger partial charge in [0.25, 0.3) is 5.91 Å². The van der Waals surface area contributed by atoms with Crippen molar-refractivity contribution in [3.05, 3.63) is 29.8 Å². The minimum absolute atomic E-state index is 0. The number of amides is 2. The molecule has 1 aliphatic carbocycles. The van der Waals surface area contributed by atoms with Gasteiger partial charge in [0.15, 0.2) is 0 Å². The summed E-state index contributed by atoms with van der Waals surface area (Å²) in [6, 6.07) is 8.16. The van der Waals surface area contributed by atoms with Gasteiger partial charge in [0.05, 0.1) is 11.3 Å². The lowest BCUT2D eigenvalue weighted by Gasteiger charge is -2.31. The van der Waals surface area contributed by atoms with Crippen LogP contribution >= 0.6 is 24.2 Å². The molecule has 1 saturated heterocycles. The maximum absolute atomic E-state index is 12.7. The zero-order valence-electron chi connectivity index (χ0n) is 16.6. The highest BCUT2D eigenvalue weighted by molar-refractivity contribution is 8.00. The third kappa shape index (κ3) is 6.39. The van der Waals surface area contributed by atoms with Gasteiger partial charge in [-0.05, 0) is 44.4 Å². The van der Waals surface area contributed by atoms with Crippen molar-refractivity contribution in [2.75, 3.05) is 25.9 Å². The Hall–Kier alpha value is -1.24. The van der Waals surface area contributed by atoms with Gasteiger partial charge in [0, 0.05) is 30.6 Å². The van der Waals surface area contributed by atoms with Gasteiger partial charge in [-0.2, -0.15) is 0 Å². The van der Waals surface area contributed by atoms with Crippen molar-refractivity contribution in [2.24, 2.45) is 0 Å². The fourth-order valence-electron chi connectivity index (χ4n) is 3.93. The summed E-state index contributed by atoms with van der Waals surface area (Å²) in [6.45, 7) is 1.85. The number of nitrogens with zero attached hydrogens (tertiary/aromatic N) is 1. The fraction of sp³-hybridized carbons (Fsp3) is 0.619. The first-order valence-electron chi connectivity index (χ1n) is 10.1. The minimum atomic E-state index is -0.0418. The number of carbonyl (C=O) groups is 2. The minimum Gasteiger partial charge on any atom is -0.348 e. The molecule has 1 aromatic rings. The Morgan fingerprint density at radius 3 is 2.61 bits per heavy atom. The number of carbonyl (C=O) groups excluding carboxylic acids is 2. The quantitative estimate of drug-likeness (QED) is 0.685. The predicted molar refractivity (Wildman–Crippen MR) is 117 cm³/mol. The second-order valence-electron chi connectivity index (χ2n) is 7.60. The summed E-state index contributed by atoms with van der Waals surface area (Å²) in [6.07, 6.45) is 8.04. The molecule has 28 heavy (non-hydrogen) atoms. The van der Waals surface area contributed by atoms with Crippen molar-refractivity contribution in [3.8, 4) is 0 Å². The molecule has 0 bridgehead atoms. The van der Waals surface area contributed by atoms with Crippen molar-refractivity contribution >= 4 is 36.0 Å². The molecule has 1 aliphatic heterocycles. The maximum Gasteiger partial charge on any atom is 0.252 e. The number of piperidine rings is 1. The smallest absolute Gasteiger partial charge is 0.252 e. The van der Waals surface area contributed by atoms with Crippen LogP contribution in [0.4, 0.5) is 0 Å². The second kappa shape index (κ2) is 11.7. The van der Waals surface area contributed by atoms with E-state index in [1.165, 1.54) is 31.0 Å². The van der Waals surface area contributed by atoms with Crippen LogP contribution < -0.4 is 10.6 Å². The van der Waals surface area contributed by atoms with E-state index in [9.17, 15) is 9.59 Å². The van der Waals surface area contributed by atoms with Gasteiger partial charge in [-0.3, -0.25) is 9.59 Å². The molecule has 156 valence electrons. The van der Waals surface area contributed by atoms with E-state index in [2.05, 4.69) is 10.6 Å². The van der Waals surface area contributed by atoms with Crippen LogP contribution in [0.3, 0.4) is 0 Å². The molecule has 2 aliphatic rings. The van der Waals surface area contributed by atoms with Crippen molar-refractivity contribution in [3.63, 3.8) is 0 Å². The molecule has 2 fully saturated rings. The Balaban J connectivity index is 0.00000280. The van der Waals surface area contributed by atoms with Crippen molar-refractivity contribution < 1.29 is 9.59 Å². The Bertz CT molecular complexity index is 646. The van der Waals surface area contributed by atoms with E-state index in [0.29, 0.717) is 17.4 Å². The molecule has 1 aromatic carbocycles. The molecule has 1 unspecified atom stereocenters. The number of halogens is 1. The average molecular weight is 426 g/mol.